The molecule has 7 heteroatoms. The average molecular weight is 384 g/mol. The Kier molecular flexibility index (Phi) is 5.58. The number of aromatic nitrogens is 2. The summed E-state index contributed by atoms with van der Waals surface area (Å²) in [7, 11) is 0. The SMILES string of the molecule is CCNC(=NCc1cn2ccsc2n1)N1CCC(Oc2ccccc2)CC1. The highest BCUT2D eigenvalue weighted by Crippen LogP contribution is 2.19. The molecule has 1 aromatic carbocycles. The zero-order valence-corrected chi connectivity index (χ0v) is 16.4. The summed E-state index contributed by atoms with van der Waals surface area (Å²) in [6.45, 7) is 5.45. The summed E-state index contributed by atoms with van der Waals surface area (Å²) in [4.78, 5) is 12.8. The first-order valence-electron chi connectivity index (χ1n) is 9.48. The van der Waals surface area contributed by atoms with Crippen molar-refractivity contribution in [2.24, 2.45) is 4.99 Å². The highest BCUT2D eigenvalue weighted by Gasteiger charge is 2.22. The van der Waals surface area contributed by atoms with Crippen molar-refractivity contribution >= 4 is 22.3 Å². The number of rotatable bonds is 5. The van der Waals surface area contributed by atoms with Gasteiger partial charge in [-0.3, -0.25) is 4.40 Å². The summed E-state index contributed by atoms with van der Waals surface area (Å²) in [5.74, 6) is 1.92. The molecule has 0 amide bonds. The van der Waals surface area contributed by atoms with Gasteiger partial charge in [0.25, 0.3) is 0 Å². The van der Waals surface area contributed by atoms with E-state index in [0.717, 1.165) is 54.8 Å². The molecule has 27 heavy (non-hydrogen) atoms. The summed E-state index contributed by atoms with van der Waals surface area (Å²) in [5, 5.41) is 5.46. The summed E-state index contributed by atoms with van der Waals surface area (Å²) in [6, 6.07) is 10.1. The molecule has 2 aromatic heterocycles. The first-order chi connectivity index (χ1) is 13.3. The number of thiazole rings is 1. The van der Waals surface area contributed by atoms with Crippen molar-refractivity contribution < 1.29 is 4.74 Å². The van der Waals surface area contributed by atoms with Crippen LogP contribution in [0.5, 0.6) is 5.75 Å². The van der Waals surface area contributed by atoms with Crippen LogP contribution in [-0.4, -0.2) is 46.0 Å². The van der Waals surface area contributed by atoms with Gasteiger partial charge < -0.3 is 15.0 Å². The monoisotopic (exact) mass is 383 g/mol. The average Bonchev–Trinajstić information content (AvgIpc) is 3.28. The number of aliphatic imine (C=N–C) groups is 1. The van der Waals surface area contributed by atoms with Crippen molar-refractivity contribution in [2.75, 3.05) is 19.6 Å². The van der Waals surface area contributed by atoms with Gasteiger partial charge >= 0.3 is 0 Å². The third-order valence-electron chi connectivity index (χ3n) is 4.66. The highest BCUT2D eigenvalue weighted by atomic mass is 32.1. The van der Waals surface area contributed by atoms with Crippen LogP contribution >= 0.6 is 11.3 Å². The molecule has 6 nitrogen and oxygen atoms in total. The molecular weight excluding hydrogens is 358 g/mol. The summed E-state index contributed by atoms with van der Waals surface area (Å²) in [5.41, 5.74) is 1.000. The fraction of sp³-hybridized carbons (Fsp3) is 0.400. The Labute approximate surface area is 163 Å². The van der Waals surface area contributed by atoms with Crippen molar-refractivity contribution in [1.29, 1.82) is 0 Å². The largest absolute Gasteiger partial charge is 0.490 e. The molecule has 4 rings (SSSR count). The van der Waals surface area contributed by atoms with Crippen LogP contribution in [0.15, 0.2) is 53.1 Å². The minimum Gasteiger partial charge on any atom is -0.490 e. The first kappa shape index (κ1) is 17.9. The van der Waals surface area contributed by atoms with E-state index in [2.05, 4.69) is 32.7 Å². The van der Waals surface area contributed by atoms with Crippen LogP contribution in [0.25, 0.3) is 4.96 Å². The number of ether oxygens (including phenoxy) is 1. The van der Waals surface area contributed by atoms with Gasteiger partial charge in [-0.1, -0.05) is 18.2 Å². The minimum absolute atomic E-state index is 0.270. The molecule has 142 valence electrons. The van der Waals surface area contributed by atoms with E-state index < -0.39 is 0 Å². The number of para-hydroxylation sites is 1. The van der Waals surface area contributed by atoms with Crippen molar-refractivity contribution in [1.82, 2.24) is 19.6 Å². The third-order valence-corrected chi connectivity index (χ3v) is 5.43. The Bertz CT molecular complexity index is 852. The lowest BCUT2D eigenvalue weighted by Crippen LogP contribution is -2.47. The zero-order chi connectivity index (χ0) is 18.5. The van der Waals surface area contributed by atoms with E-state index in [-0.39, 0.29) is 6.10 Å². The van der Waals surface area contributed by atoms with Gasteiger partial charge in [-0.05, 0) is 19.1 Å². The fourth-order valence-electron chi connectivity index (χ4n) is 3.31. The number of nitrogens with one attached hydrogen (secondary N) is 1. The standard InChI is InChI=1S/C20H25N5OS/c1-2-21-19(22-14-16-15-25-12-13-27-20(25)23-16)24-10-8-18(9-11-24)26-17-6-4-3-5-7-17/h3-7,12-13,15,18H,2,8-11,14H2,1H3,(H,21,22). The van der Waals surface area contributed by atoms with Gasteiger partial charge in [0.1, 0.15) is 11.9 Å². The summed E-state index contributed by atoms with van der Waals surface area (Å²) < 4.78 is 8.15. The molecule has 1 aliphatic heterocycles. The van der Waals surface area contributed by atoms with Crippen molar-refractivity contribution in [3.8, 4) is 5.75 Å². The fourth-order valence-corrected chi connectivity index (χ4v) is 4.03. The predicted molar refractivity (Wildman–Crippen MR) is 110 cm³/mol. The lowest BCUT2D eigenvalue weighted by molar-refractivity contribution is 0.129. The smallest absolute Gasteiger partial charge is 0.194 e. The molecule has 0 aliphatic carbocycles. The van der Waals surface area contributed by atoms with Gasteiger partial charge in [0.2, 0.25) is 0 Å². The van der Waals surface area contributed by atoms with Crippen molar-refractivity contribution in [2.45, 2.75) is 32.4 Å². The Hall–Kier alpha value is -2.54. The molecular formula is C20H25N5OS. The predicted octanol–water partition coefficient (Wildman–Crippen LogP) is 3.40. The Morgan fingerprint density at radius 2 is 2.11 bits per heavy atom. The molecule has 1 saturated heterocycles. The lowest BCUT2D eigenvalue weighted by atomic mass is 10.1. The second-order valence-corrected chi connectivity index (χ2v) is 7.49. The van der Waals surface area contributed by atoms with E-state index in [1.807, 2.05) is 41.9 Å². The Balaban J connectivity index is 1.35. The molecule has 0 atom stereocenters. The maximum absolute atomic E-state index is 6.10. The van der Waals surface area contributed by atoms with Gasteiger partial charge in [-0.2, -0.15) is 0 Å². The second-order valence-electron chi connectivity index (χ2n) is 6.61. The normalized spacial score (nSPS) is 16.0. The van der Waals surface area contributed by atoms with Crippen molar-refractivity contribution in [3.63, 3.8) is 0 Å². The second kappa shape index (κ2) is 8.43. The number of likely N-dealkylation sites (tertiary alicyclic amines) is 1. The number of benzene rings is 1. The lowest BCUT2D eigenvalue weighted by Gasteiger charge is -2.34. The van der Waals surface area contributed by atoms with Gasteiger partial charge in [-0.25, -0.2) is 9.98 Å². The summed E-state index contributed by atoms with van der Waals surface area (Å²) in [6.07, 6.45) is 6.35. The van der Waals surface area contributed by atoms with Gasteiger partial charge in [0, 0.05) is 50.2 Å². The highest BCUT2D eigenvalue weighted by molar-refractivity contribution is 7.15. The van der Waals surface area contributed by atoms with Gasteiger partial charge in [0.05, 0.1) is 12.2 Å². The molecule has 3 heterocycles. The number of nitrogens with zero attached hydrogens (tertiary/aromatic N) is 4. The Morgan fingerprint density at radius 3 is 2.85 bits per heavy atom. The number of guanidine groups is 1. The van der Waals surface area contributed by atoms with E-state index in [9.17, 15) is 0 Å². The number of imidazole rings is 1. The number of hydrogen-bond donors (Lipinski definition) is 1. The topological polar surface area (TPSA) is 54.2 Å². The third kappa shape index (κ3) is 4.42. The zero-order valence-electron chi connectivity index (χ0n) is 15.5. The number of piperidine rings is 1. The minimum atomic E-state index is 0.270. The first-order valence-corrected chi connectivity index (χ1v) is 10.4. The van der Waals surface area contributed by atoms with Crippen LogP contribution in [0.1, 0.15) is 25.5 Å². The molecule has 1 aliphatic rings. The van der Waals surface area contributed by atoms with Crippen LogP contribution in [0.3, 0.4) is 0 Å². The van der Waals surface area contributed by atoms with Crippen LogP contribution in [0, 0.1) is 0 Å². The molecule has 0 unspecified atom stereocenters. The number of hydrogen-bond acceptors (Lipinski definition) is 4. The maximum Gasteiger partial charge on any atom is 0.194 e. The van der Waals surface area contributed by atoms with E-state index in [0.29, 0.717) is 6.54 Å². The van der Waals surface area contributed by atoms with Gasteiger partial charge in [-0.15, -0.1) is 11.3 Å². The van der Waals surface area contributed by atoms with Crippen LogP contribution in [0.4, 0.5) is 0 Å². The van der Waals surface area contributed by atoms with Gasteiger partial charge in [0.15, 0.2) is 10.9 Å². The van der Waals surface area contributed by atoms with E-state index in [4.69, 9.17) is 9.73 Å². The maximum atomic E-state index is 6.10. The quantitative estimate of drug-likeness (QED) is 0.542. The van der Waals surface area contributed by atoms with E-state index in [1.54, 1.807) is 11.3 Å². The van der Waals surface area contributed by atoms with Crippen LogP contribution < -0.4 is 10.1 Å². The van der Waals surface area contributed by atoms with E-state index >= 15 is 0 Å². The van der Waals surface area contributed by atoms with Crippen molar-refractivity contribution in [3.05, 3.63) is 53.8 Å². The number of fused-ring (bicyclic) bond motifs is 1. The molecule has 0 radical (unpaired) electrons. The molecule has 0 saturated carbocycles. The summed E-state index contributed by atoms with van der Waals surface area (Å²) >= 11 is 1.65. The van der Waals surface area contributed by atoms with Crippen LogP contribution in [-0.2, 0) is 6.54 Å². The van der Waals surface area contributed by atoms with E-state index in [1.165, 1.54) is 0 Å². The molecule has 1 fully saturated rings. The molecule has 0 bridgehead atoms. The molecule has 1 N–H and O–H groups in total. The Morgan fingerprint density at radius 1 is 1.30 bits per heavy atom. The van der Waals surface area contributed by atoms with Crippen LogP contribution in [0.2, 0.25) is 0 Å². The molecule has 0 spiro atoms. The molecule has 3 aromatic rings.